The number of methoxy groups -OCH3 is 1. The van der Waals surface area contributed by atoms with Gasteiger partial charge >= 0.3 is 0 Å². The number of nitrogens with one attached hydrogen (secondary N) is 1. The SMILES string of the molecule is COc1ccc([C@@H](N2CCNCC2)C(C)(C)CO)c2ccccc12.Cl. The Morgan fingerprint density at radius 1 is 1.12 bits per heavy atom. The van der Waals surface area contributed by atoms with Gasteiger partial charge in [0.1, 0.15) is 5.75 Å². The normalized spacial score (nSPS) is 17.1. The van der Waals surface area contributed by atoms with E-state index in [2.05, 4.69) is 54.4 Å². The molecule has 1 aliphatic heterocycles. The van der Waals surface area contributed by atoms with Gasteiger partial charge in [-0.15, -0.1) is 12.4 Å². The van der Waals surface area contributed by atoms with Gasteiger partial charge in [-0.3, -0.25) is 4.90 Å². The third kappa shape index (κ3) is 3.93. The van der Waals surface area contributed by atoms with Gasteiger partial charge in [-0.05, 0) is 17.0 Å². The summed E-state index contributed by atoms with van der Waals surface area (Å²) >= 11 is 0. The van der Waals surface area contributed by atoms with Crippen LogP contribution in [0.25, 0.3) is 10.8 Å². The van der Waals surface area contributed by atoms with E-state index in [4.69, 9.17) is 4.74 Å². The Hall–Kier alpha value is -1.33. The number of fused-ring (bicyclic) bond motifs is 1. The molecule has 2 aromatic rings. The Morgan fingerprint density at radius 2 is 1.76 bits per heavy atom. The summed E-state index contributed by atoms with van der Waals surface area (Å²) in [4.78, 5) is 2.50. The van der Waals surface area contributed by atoms with Crippen LogP contribution in [0.15, 0.2) is 36.4 Å². The molecule has 0 spiro atoms. The molecule has 1 saturated heterocycles. The number of halogens is 1. The monoisotopic (exact) mass is 364 g/mol. The van der Waals surface area contributed by atoms with Crippen LogP contribution in [0, 0.1) is 5.41 Å². The number of hydrogen-bond acceptors (Lipinski definition) is 4. The number of hydrogen-bond donors (Lipinski definition) is 2. The lowest BCUT2D eigenvalue weighted by Gasteiger charge is -2.44. The fourth-order valence-corrected chi connectivity index (χ4v) is 3.85. The molecule has 1 aliphatic rings. The van der Waals surface area contributed by atoms with E-state index in [1.54, 1.807) is 7.11 Å². The molecule has 0 saturated carbocycles. The van der Waals surface area contributed by atoms with Gasteiger partial charge in [0.15, 0.2) is 0 Å². The lowest BCUT2D eigenvalue weighted by molar-refractivity contribution is 0.0313. The summed E-state index contributed by atoms with van der Waals surface area (Å²) in [5.41, 5.74) is 1.04. The largest absolute Gasteiger partial charge is 0.496 e. The van der Waals surface area contributed by atoms with Crippen molar-refractivity contribution in [2.45, 2.75) is 19.9 Å². The molecule has 2 aromatic carbocycles. The van der Waals surface area contributed by atoms with E-state index in [9.17, 15) is 5.11 Å². The first-order valence-corrected chi connectivity index (χ1v) is 8.70. The Morgan fingerprint density at radius 3 is 2.36 bits per heavy atom. The number of benzene rings is 2. The smallest absolute Gasteiger partial charge is 0.126 e. The fraction of sp³-hybridized carbons (Fsp3) is 0.500. The van der Waals surface area contributed by atoms with Crippen LogP contribution in [0.2, 0.25) is 0 Å². The first kappa shape index (κ1) is 20.0. The number of nitrogens with zero attached hydrogens (tertiary/aromatic N) is 1. The summed E-state index contributed by atoms with van der Waals surface area (Å²) in [5.74, 6) is 0.898. The van der Waals surface area contributed by atoms with E-state index >= 15 is 0 Å². The quantitative estimate of drug-likeness (QED) is 0.855. The Kier molecular flexibility index (Phi) is 6.69. The van der Waals surface area contributed by atoms with Crippen molar-refractivity contribution in [2.24, 2.45) is 5.41 Å². The molecular weight excluding hydrogens is 336 g/mol. The molecule has 0 bridgehead atoms. The van der Waals surface area contributed by atoms with E-state index in [0.29, 0.717) is 0 Å². The maximum absolute atomic E-state index is 10.1. The van der Waals surface area contributed by atoms with Gasteiger partial charge in [0.2, 0.25) is 0 Å². The van der Waals surface area contributed by atoms with Gasteiger partial charge in [0.05, 0.1) is 7.11 Å². The minimum absolute atomic E-state index is 0. The Bertz CT molecular complexity index is 699. The van der Waals surface area contributed by atoms with Gasteiger partial charge in [-0.25, -0.2) is 0 Å². The van der Waals surface area contributed by atoms with Crippen LogP contribution >= 0.6 is 12.4 Å². The molecule has 1 heterocycles. The van der Waals surface area contributed by atoms with E-state index in [1.807, 2.05) is 6.07 Å². The van der Waals surface area contributed by atoms with Crippen molar-refractivity contribution in [1.82, 2.24) is 10.2 Å². The predicted molar refractivity (Wildman–Crippen MR) is 106 cm³/mol. The highest BCUT2D eigenvalue weighted by Crippen LogP contribution is 2.42. The summed E-state index contributed by atoms with van der Waals surface area (Å²) in [5, 5.41) is 15.8. The lowest BCUT2D eigenvalue weighted by Crippen LogP contribution is -2.49. The van der Waals surface area contributed by atoms with Gasteiger partial charge < -0.3 is 15.2 Å². The van der Waals surface area contributed by atoms with Gasteiger partial charge in [0.25, 0.3) is 0 Å². The van der Waals surface area contributed by atoms with Crippen LogP contribution in [-0.4, -0.2) is 49.9 Å². The number of aliphatic hydroxyl groups is 1. The first-order valence-electron chi connectivity index (χ1n) is 8.70. The van der Waals surface area contributed by atoms with Crippen molar-refractivity contribution in [2.75, 3.05) is 39.9 Å². The number of piperazine rings is 1. The van der Waals surface area contributed by atoms with Crippen LogP contribution in [0.4, 0.5) is 0 Å². The number of ether oxygens (including phenoxy) is 1. The van der Waals surface area contributed by atoms with Crippen LogP contribution in [0.1, 0.15) is 25.5 Å². The van der Waals surface area contributed by atoms with Crippen molar-refractivity contribution >= 4 is 23.2 Å². The standard InChI is InChI=1S/C20H28N2O2.ClH/c1-20(2,14-23)19(22-12-10-21-11-13-22)17-8-9-18(24-3)16-7-5-4-6-15(16)17;/h4-9,19,21,23H,10-14H2,1-3H3;1H/t19-;/m1./s1. The Labute approximate surface area is 156 Å². The second-order valence-electron chi connectivity index (χ2n) is 7.24. The molecule has 4 nitrogen and oxygen atoms in total. The zero-order chi connectivity index (χ0) is 17.2. The maximum Gasteiger partial charge on any atom is 0.126 e. The van der Waals surface area contributed by atoms with E-state index in [-0.39, 0.29) is 30.5 Å². The first-order chi connectivity index (χ1) is 11.6. The number of aliphatic hydroxyl groups excluding tert-OH is 1. The second kappa shape index (κ2) is 8.37. The minimum Gasteiger partial charge on any atom is -0.496 e. The molecular formula is C20H29ClN2O2. The minimum atomic E-state index is -0.227. The zero-order valence-corrected chi connectivity index (χ0v) is 16.1. The van der Waals surface area contributed by atoms with Crippen LogP contribution < -0.4 is 10.1 Å². The van der Waals surface area contributed by atoms with Crippen molar-refractivity contribution in [3.05, 3.63) is 42.0 Å². The van der Waals surface area contributed by atoms with Gasteiger partial charge in [0, 0.05) is 49.6 Å². The molecule has 1 fully saturated rings. The molecule has 0 unspecified atom stereocenters. The summed E-state index contributed by atoms with van der Waals surface area (Å²) < 4.78 is 5.55. The molecule has 5 heteroatoms. The molecule has 0 aromatic heterocycles. The van der Waals surface area contributed by atoms with Crippen LogP contribution in [0.5, 0.6) is 5.75 Å². The summed E-state index contributed by atoms with van der Waals surface area (Å²) in [6, 6.07) is 12.8. The molecule has 1 atom stereocenters. The van der Waals surface area contributed by atoms with Crippen LogP contribution in [0.3, 0.4) is 0 Å². The highest BCUT2D eigenvalue weighted by atomic mass is 35.5. The highest BCUT2D eigenvalue weighted by Gasteiger charge is 2.36. The van der Waals surface area contributed by atoms with Crippen LogP contribution in [-0.2, 0) is 0 Å². The molecule has 0 aliphatic carbocycles. The molecule has 3 rings (SSSR count). The highest BCUT2D eigenvalue weighted by molar-refractivity contribution is 5.91. The van der Waals surface area contributed by atoms with E-state index in [1.165, 1.54) is 10.9 Å². The molecule has 0 radical (unpaired) electrons. The fourth-order valence-electron chi connectivity index (χ4n) is 3.85. The predicted octanol–water partition coefficient (Wildman–Crippen LogP) is 3.24. The van der Waals surface area contributed by atoms with E-state index < -0.39 is 0 Å². The third-order valence-corrected chi connectivity index (χ3v) is 5.10. The summed E-state index contributed by atoms with van der Waals surface area (Å²) in [6.45, 7) is 8.43. The molecule has 25 heavy (non-hydrogen) atoms. The topological polar surface area (TPSA) is 44.7 Å². The zero-order valence-electron chi connectivity index (χ0n) is 15.3. The van der Waals surface area contributed by atoms with Crippen molar-refractivity contribution < 1.29 is 9.84 Å². The van der Waals surface area contributed by atoms with E-state index in [0.717, 1.165) is 37.3 Å². The average molecular weight is 365 g/mol. The second-order valence-corrected chi connectivity index (χ2v) is 7.24. The molecule has 138 valence electrons. The van der Waals surface area contributed by atoms with Gasteiger partial charge in [-0.2, -0.15) is 0 Å². The van der Waals surface area contributed by atoms with Crippen molar-refractivity contribution in [3.63, 3.8) is 0 Å². The lowest BCUT2D eigenvalue weighted by atomic mass is 9.78. The molecule has 2 N–H and O–H groups in total. The summed E-state index contributed by atoms with van der Waals surface area (Å²) in [6.07, 6.45) is 0. The average Bonchev–Trinajstić information content (AvgIpc) is 2.63. The number of rotatable bonds is 5. The summed E-state index contributed by atoms with van der Waals surface area (Å²) in [7, 11) is 1.72. The molecule has 0 amide bonds. The Balaban J connectivity index is 0.00000225. The third-order valence-electron chi connectivity index (χ3n) is 5.10. The maximum atomic E-state index is 10.1. The van der Waals surface area contributed by atoms with Gasteiger partial charge in [-0.1, -0.05) is 44.2 Å². The van der Waals surface area contributed by atoms with Crippen molar-refractivity contribution in [1.29, 1.82) is 0 Å². The van der Waals surface area contributed by atoms with Crippen molar-refractivity contribution in [3.8, 4) is 5.75 Å².